The highest BCUT2D eigenvalue weighted by Crippen LogP contribution is 2.27. The van der Waals surface area contributed by atoms with Crippen molar-refractivity contribution in [2.24, 2.45) is 13.0 Å². The number of aliphatic hydroxyl groups excluding tert-OH is 1. The molecule has 0 spiro atoms. The Morgan fingerprint density at radius 3 is 2.48 bits per heavy atom. The maximum Gasteiger partial charge on any atom is 0.358 e. The van der Waals surface area contributed by atoms with Gasteiger partial charge < -0.3 is 35.1 Å². The Kier molecular flexibility index (Phi) is 9.14. The van der Waals surface area contributed by atoms with Gasteiger partial charge in [0.2, 0.25) is 11.8 Å². The molecular formula is C29H39N5O6. The fourth-order valence-electron chi connectivity index (χ4n) is 5.35. The number of rotatable bonds is 10. The minimum Gasteiger partial charge on any atom is -0.476 e. The fraction of sp³-hybridized carbons (Fsp3) is 0.517. The lowest BCUT2D eigenvalue weighted by Crippen LogP contribution is -2.53. The number of hydrogen-bond acceptors (Lipinski definition) is 6. The maximum absolute atomic E-state index is 13.6. The van der Waals surface area contributed by atoms with Gasteiger partial charge in [-0.2, -0.15) is 0 Å². The second kappa shape index (κ2) is 12.5. The number of amides is 3. The molecule has 216 valence electrons. The van der Waals surface area contributed by atoms with E-state index in [1.807, 2.05) is 55.9 Å². The van der Waals surface area contributed by atoms with Gasteiger partial charge in [0, 0.05) is 36.6 Å². The summed E-state index contributed by atoms with van der Waals surface area (Å²) in [4.78, 5) is 42.4. The van der Waals surface area contributed by atoms with Crippen LogP contribution in [0.5, 0.6) is 0 Å². The van der Waals surface area contributed by atoms with Crippen LogP contribution in [0.1, 0.15) is 79.7 Å². The van der Waals surface area contributed by atoms with Gasteiger partial charge in [-0.25, -0.2) is 14.6 Å². The van der Waals surface area contributed by atoms with E-state index in [1.54, 1.807) is 0 Å². The molecule has 2 atom stereocenters. The van der Waals surface area contributed by atoms with Gasteiger partial charge in [0.25, 0.3) is 0 Å². The number of oxazole rings is 1. The van der Waals surface area contributed by atoms with Crippen LogP contribution in [0.3, 0.4) is 0 Å². The molecule has 3 amide bonds. The first-order valence-corrected chi connectivity index (χ1v) is 13.8. The molecule has 1 aromatic carbocycles. The fourth-order valence-corrected chi connectivity index (χ4v) is 5.35. The Morgan fingerprint density at radius 1 is 1.12 bits per heavy atom. The predicted octanol–water partition coefficient (Wildman–Crippen LogP) is 3.59. The minimum absolute atomic E-state index is 0.0602. The lowest BCUT2D eigenvalue weighted by molar-refractivity contribution is -0.124. The molecule has 0 radical (unpaired) electrons. The van der Waals surface area contributed by atoms with Gasteiger partial charge in [0.1, 0.15) is 17.8 Å². The number of aryl methyl sites for hydroxylation is 2. The number of nitrogens with one attached hydrogen (secondary N) is 3. The van der Waals surface area contributed by atoms with Crippen LogP contribution in [0.2, 0.25) is 0 Å². The van der Waals surface area contributed by atoms with E-state index in [0.29, 0.717) is 38.5 Å². The number of aromatic nitrogens is 2. The van der Waals surface area contributed by atoms with Crippen molar-refractivity contribution >= 4 is 28.8 Å². The van der Waals surface area contributed by atoms with Crippen molar-refractivity contribution in [3.8, 4) is 0 Å². The number of carboxylic acids is 1. The molecule has 11 heteroatoms. The molecule has 1 saturated carbocycles. The second-order valence-electron chi connectivity index (χ2n) is 11.1. The third-order valence-corrected chi connectivity index (χ3v) is 7.39. The topological polar surface area (TPSA) is 159 Å². The smallest absolute Gasteiger partial charge is 0.358 e. The Labute approximate surface area is 233 Å². The van der Waals surface area contributed by atoms with E-state index in [2.05, 4.69) is 20.9 Å². The summed E-state index contributed by atoms with van der Waals surface area (Å²) in [6.45, 7) is 5.45. The number of aromatic carboxylic acids is 1. The number of nitrogens with zero attached hydrogens (tertiary/aromatic N) is 2. The summed E-state index contributed by atoms with van der Waals surface area (Å²) in [5, 5.41) is 29.0. The molecule has 0 aliphatic heterocycles. The van der Waals surface area contributed by atoms with Crippen molar-refractivity contribution in [2.45, 2.75) is 83.5 Å². The van der Waals surface area contributed by atoms with E-state index < -0.39 is 30.0 Å². The van der Waals surface area contributed by atoms with Gasteiger partial charge in [0.15, 0.2) is 5.69 Å². The van der Waals surface area contributed by atoms with Gasteiger partial charge in [-0.15, -0.1) is 0 Å². The number of carbonyl (C=O) groups is 3. The van der Waals surface area contributed by atoms with Gasteiger partial charge in [-0.3, -0.25) is 4.79 Å². The van der Waals surface area contributed by atoms with Crippen LogP contribution in [0.15, 0.2) is 34.9 Å². The van der Waals surface area contributed by atoms with Gasteiger partial charge in [0.05, 0.1) is 6.10 Å². The molecular weight excluding hydrogens is 514 g/mol. The number of hydrogen-bond donors (Lipinski definition) is 5. The number of fused-ring (bicyclic) bond motifs is 1. The summed E-state index contributed by atoms with van der Waals surface area (Å²) in [5.41, 5.74) is 1.74. The van der Waals surface area contributed by atoms with Gasteiger partial charge in [-0.05, 0) is 56.6 Å². The Morgan fingerprint density at radius 2 is 1.82 bits per heavy atom. The third kappa shape index (κ3) is 7.01. The van der Waals surface area contributed by atoms with E-state index in [4.69, 9.17) is 4.42 Å². The van der Waals surface area contributed by atoms with Crippen LogP contribution in [-0.2, 0) is 18.3 Å². The number of urea groups is 1. The molecule has 40 heavy (non-hydrogen) atoms. The van der Waals surface area contributed by atoms with Crippen LogP contribution >= 0.6 is 0 Å². The highest BCUT2D eigenvalue weighted by molar-refractivity contribution is 5.88. The monoisotopic (exact) mass is 553 g/mol. The predicted molar refractivity (Wildman–Crippen MR) is 149 cm³/mol. The second-order valence-corrected chi connectivity index (χ2v) is 11.1. The van der Waals surface area contributed by atoms with Crippen LogP contribution in [0.25, 0.3) is 10.9 Å². The molecule has 1 aliphatic carbocycles. The summed E-state index contributed by atoms with van der Waals surface area (Å²) in [5.74, 6) is -1.28. The van der Waals surface area contributed by atoms with Gasteiger partial charge >= 0.3 is 12.0 Å². The summed E-state index contributed by atoms with van der Waals surface area (Å²) < 4.78 is 7.74. The quantitative estimate of drug-likeness (QED) is 0.257. The normalized spacial score (nSPS) is 18.9. The maximum atomic E-state index is 13.6. The van der Waals surface area contributed by atoms with Crippen LogP contribution in [0, 0.1) is 12.8 Å². The molecule has 0 saturated heterocycles. The molecule has 1 unspecified atom stereocenters. The zero-order valence-electron chi connectivity index (χ0n) is 23.4. The highest BCUT2D eigenvalue weighted by Gasteiger charge is 2.30. The van der Waals surface area contributed by atoms with Crippen molar-refractivity contribution in [1.82, 2.24) is 25.5 Å². The van der Waals surface area contributed by atoms with E-state index in [0.717, 1.165) is 16.5 Å². The van der Waals surface area contributed by atoms with E-state index in [9.17, 15) is 24.6 Å². The van der Waals surface area contributed by atoms with Crippen LogP contribution in [0.4, 0.5) is 4.79 Å². The van der Waals surface area contributed by atoms with Crippen molar-refractivity contribution in [3.05, 3.63) is 53.4 Å². The van der Waals surface area contributed by atoms with Crippen LogP contribution < -0.4 is 16.0 Å². The first kappa shape index (κ1) is 29.1. The molecule has 5 N–H and O–H groups in total. The average molecular weight is 554 g/mol. The van der Waals surface area contributed by atoms with E-state index in [-0.39, 0.29) is 35.4 Å². The number of benzene rings is 1. The largest absolute Gasteiger partial charge is 0.476 e. The summed E-state index contributed by atoms with van der Waals surface area (Å²) in [7, 11) is 1.94. The molecule has 4 rings (SSSR count). The molecule has 3 aromatic rings. The Balaban J connectivity index is 1.56. The Hall–Kier alpha value is -3.86. The zero-order valence-corrected chi connectivity index (χ0v) is 23.4. The third-order valence-electron chi connectivity index (χ3n) is 7.39. The number of aliphatic hydroxyl groups is 1. The molecule has 1 fully saturated rings. The summed E-state index contributed by atoms with van der Waals surface area (Å²) >= 11 is 0. The van der Waals surface area contributed by atoms with Gasteiger partial charge in [-0.1, -0.05) is 32.0 Å². The SMILES string of the molecule is Cc1oc([C@@H](Cc2cn(C)c3ccccc23)NC(=O)C(CC(C)C)NC(=O)NC2CCC(O)CC2)nc1C(=O)O. The molecule has 2 heterocycles. The molecule has 1 aliphatic rings. The number of para-hydroxylation sites is 1. The lowest BCUT2D eigenvalue weighted by atomic mass is 9.93. The first-order valence-electron chi connectivity index (χ1n) is 13.8. The number of carboxylic acid groups (broad SMARTS) is 1. The van der Waals surface area contributed by atoms with Crippen LogP contribution in [-0.4, -0.2) is 55.9 Å². The molecule has 2 aromatic heterocycles. The zero-order chi connectivity index (χ0) is 29.0. The number of carbonyl (C=O) groups excluding carboxylic acids is 2. The highest BCUT2D eigenvalue weighted by atomic mass is 16.4. The first-order chi connectivity index (χ1) is 19.0. The summed E-state index contributed by atoms with van der Waals surface area (Å²) in [6, 6.07) is 5.77. The standard InChI is InChI=1S/C29H39N5O6/c1-16(2)13-22(32-29(39)30-19-9-11-20(35)12-10-19)26(36)31-23(27-33-25(28(37)38)17(3)40-27)14-18-15-34(4)24-8-6-5-7-21(18)24/h5-8,15-16,19-20,22-23,35H,9-14H2,1-4H3,(H,31,36)(H,37,38)(H2,30,32,39)/t19?,20?,22?,23-/m1/s1. The molecule has 11 nitrogen and oxygen atoms in total. The summed E-state index contributed by atoms with van der Waals surface area (Å²) in [6.07, 6.45) is 4.95. The van der Waals surface area contributed by atoms with Crippen molar-refractivity contribution in [3.63, 3.8) is 0 Å². The minimum atomic E-state index is -1.21. The van der Waals surface area contributed by atoms with Crippen molar-refractivity contribution in [1.29, 1.82) is 0 Å². The van der Waals surface area contributed by atoms with E-state index >= 15 is 0 Å². The molecule has 0 bridgehead atoms. The average Bonchev–Trinajstić information content (AvgIpc) is 3.44. The van der Waals surface area contributed by atoms with Crippen molar-refractivity contribution in [2.75, 3.05) is 0 Å². The lowest BCUT2D eigenvalue weighted by Gasteiger charge is -2.28. The Bertz CT molecular complexity index is 1350. The van der Waals surface area contributed by atoms with E-state index in [1.165, 1.54) is 6.92 Å². The van der Waals surface area contributed by atoms with Crippen molar-refractivity contribution < 1.29 is 29.0 Å².